The van der Waals surface area contributed by atoms with Gasteiger partial charge in [-0.05, 0) is 80.9 Å². The zero-order chi connectivity index (χ0) is 37.1. The van der Waals surface area contributed by atoms with Crippen LogP contribution < -0.4 is 4.90 Å². The lowest BCUT2D eigenvalue weighted by Gasteiger charge is -2.45. The predicted molar refractivity (Wildman–Crippen MR) is 227 cm³/mol. The summed E-state index contributed by atoms with van der Waals surface area (Å²) in [5.41, 5.74) is 15.7. The molecule has 1 aliphatic heterocycles. The summed E-state index contributed by atoms with van der Waals surface area (Å²) in [6, 6.07) is 73.5. The van der Waals surface area contributed by atoms with E-state index in [0.717, 1.165) is 33.5 Å². The maximum absolute atomic E-state index is 5.04. The van der Waals surface area contributed by atoms with Crippen molar-refractivity contribution >= 4 is 17.1 Å². The van der Waals surface area contributed by atoms with Crippen molar-refractivity contribution in [2.75, 3.05) is 4.90 Å². The molecule has 2 heterocycles. The quantitative estimate of drug-likeness (QED) is 0.178. The average Bonchev–Trinajstić information content (AvgIpc) is 3.57. The van der Waals surface area contributed by atoms with Gasteiger partial charge in [0.05, 0.1) is 16.8 Å². The Morgan fingerprint density at radius 3 is 1.38 bits per heavy atom. The highest BCUT2D eigenvalue weighted by atomic mass is 15.2. The molecule has 1 aliphatic carbocycles. The summed E-state index contributed by atoms with van der Waals surface area (Å²) in [4.78, 5) is 17.4. The second-order valence-corrected chi connectivity index (χ2v) is 14.4. The first-order chi connectivity index (χ1) is 27.8. The topological polar surface area (TPSA) is 41.9 Å². The molecule has 0 unspecified atom stereocenters. The molecule has 0 saturated heterocycles. The lowest BCUT2D eigenvalue weighted by molar-refractivity contribution is 0.753. The van der Waals surface area contributed by atoms with Crippen molar-refractivity contribution in [2.24, 2.45) is 0 Å². The van der Waals surface area contributed by atoms with E-state index in [2.05, 4.69) is 150 Å². The number of rotatable bonds is 5. The van der Waals surface area contributed by atoms with E-state index in [1.54, 1.807) is 0 Å². The molecular formula is C52H34N4. The molecule has 0 fully saturated rings. The zero-order valence-corrected chi connectivity index (χ0v) is 30.4. The Bertz CT molecular complexity index is 2820. The van der Waals surface area contributed by atoms with Crippen molar-refractivity contribution in [3.05, 3.63) is 229 Å². The fourth-order valence-electron chi connectivity index (χ4n) is 8.92. The van der Waals surface area contributed by atoms with Gasteiger partial charge in [-0.15, -0.1) is 0 Å². The molecule has 4 heteroatoms. The van der Waals surface area contributed by atoms with E-state index in [1.807, 2.05) is 60.7 Å². The minimum absolute atomic E-state index is 0.526. The number of fused-ring (bicyclic) bond motifs is 9. The maximum atomic E-state index is 5.04. The largest absolute Gasteiger partial charge is 0.310 e. The molecule has 1 spiro atoms. The smallest absolute Gasteiger partial charge is 0.164 e. The highest BCUT2D eigenvalue weighted by Gasteiger charge is 2.51. The number of aromatic nitrogens is 3. The first kappa shape index (κ1) is 32.0. The van der Waals surface area contributed by atoms with Gasteiger partial charge in [-0.3, -0.25) is 0 Å². The van der Waals surface area contributed by atoms with Gasteiger partial charge in [0.2, 0.25) is 0 Å². The third-order valence-electron chi connectivity index (χ3n) is 11.3. The molecule has 1 aromatic heterocycles. The van der Waals surface area contributed by atoms with E-state index in [-0.39, 0.29) is 0 Å². The van der Waals surface area contributed by atoms with Crippen molar-refractivity contribution in [3.8, 4) is 56.4 Å². The Labute approximate surface area is 326 Å². The second-order valence-electron chi connectivity index (χ2n) is 14.4. The SMILES string of the molecule is c1ccc(-c2nc(-c3ccccc3)nc(-c3cccc(-c4ccc5c(c4)C4(c6ccccc6-5)c5ccccc5N(c5ccccc5)c5ccccc54)c3)n2)cc1. The Kier molecular flexibility index (Phi) is 7.36. The van der Waals surface area contributed by atoms with E-state index in [4.69, 9.17) is 15.0 Å². The van der Waals surface area contributed by atoms with Crippen LogP contribution in [0, 0.1) is 0 Å². The van der Waals surface area contributed by atoms with Crippen LogP contribution in [0.15, 0.2) is 206 Å². The number of nitrogens with zero attached hydrogens (tertiary/aromatic N) is 4. The fraction of sp³-hybridized carbons (Fsp3) is 0.0192. The minimum atomic E-state index is -0.526. The number of hydrogen-bond acceptors (Lipinski definition) is 4. The van der Waals surface area contributed by atoms with Gasteiger partial charge >= 0.3 is 0 Å². The number of anilines is 3. The summed E-state index contributed by atoms with van der Waals surface area (Å²) in [5, 5.41) is 0. The summed E-state index contributed by atoms with van der Waals surface area (Å²) < 4.78 is 0. The van der Waals surface area contributed by atoms with Crippen LogP contribution in [-0.4, -0.2) is 15.0 Å². The Balaban J connectivity index is 1.11. The average molecular weight is 715 g/mol. The molecule has 0 radical (unpaired) electrons. The first-order valence-electron chi connectivity index (χ1n) is 19.0. The Hall–Kier alpha value is -7.43. The highest BCUT2D eigenvalue weighted by Crippen LogP contribution is 2.63. The predicted octanol–water partition coefficient (Wildman–Crippen LogP) is 12.7. The van der Waals surface area contributed by atoms with E-state index in [1.165, 1.54) is 44.8 Å². The molecule has 2 aliphatic rings. The zero-order valence-electron chi connectivity index (χ0n) is 30.4. The number of hydrogen-bond donors (Lipinski definition) is 0. The van der Waals surface area contributed by atoms with Gasteiger partial charge in [0.15, 0.2) is 17.5 Å². The van der Waals surface area contributed by atoms with E-state index < -0.39 is 5.41 Å². The molecule has 0 saturated carbocycles. The van der Waals surface area contributed by atoms with Crippen LogP contribution in [0.25, 0.3) is 56.4 Å². The van der Waals surface area contributed by atoms with Crippen molar-refractivity contribution < 1.29 is 0 Å². The van der Waals surface area contributed by atoms with Crippen LogP contribution in [0.3, 0.4) is 0 Å². The lowest BCUT2D eigenvalue weighted by atomic mass is 9.64. The third-order valence-corrected chi connectivity index (χ3v) is 11.3. The molecule has 8 aromatic carbocycles. The summed E-state index contributed by atoms with van der Waals surface area (Å²) in [5.74, 6) is 1.94. The molecule has 0 bridgehead atoms. The van der Waals surface area contributed by atoms with Gasteiger partial charge in [0.1, 0.15) is 0 Å². The van der Waals surface area contributed by atoms with Gasteiger partial charge in [-0.25, -0.2) is 15.0 Å². The van der Waals surface area contributed by atoms with E-state index in [0.29, 0.717) is 17.5 Å². The highest BCUT2D eigenvalue weighted by molar-refractivity contribution is 5.96. The van der Waals surface area contributed by atoms with Crippen molar-refractivity contribution in [2.45, 2.75) is 5.41 Å². The van der Waals surface area contributed by atoms with Gasteiger partial charge in [-0.2, -0.15) is 0 Å². The van der Waals surface area contributed by atoms with Crippen LogP contribution >= 0.6 is 0 Å². The standard InChI is InChI=1S/C52H34N4/c1-4-17-35(18-5-1)49-53-50(36-19-6-2-7-20-36)55-51(54-49)39-22-16-21-37(33-39)38-31-32-42-41-25-10-11-26-43(41)52(46(42)34-38)44-27-12-14-29-47(44)56(40-23-8-3-9-24-40)48-30-15-13-28-45(48)52/h1-34H. The van der Waals surface area contributed by atoms with Gasteiger partial charge in [-0.1, -0.05) is 170 Å². The summed E-state index contributed by atoms with van der Waals surface area (Å²) in [6.45, 7) is 0. The molecule has 0 N–H and O–H groups in total. The summed E-state index contributed by atoms with van der Waals surface area (Å²) in [6.07, 6.45) is 0. The molecule has 9 aromatic rings. The molecule has 0 amide bonds. The van der Waals surface area contributed by atoms with Crippen molar-refractivity contribution in [1.29, 1.82) is 0 Å². The first-order valence-corrected chi connectivity index (χ1v) is 19.0. The molecular weight excluding hydrogens is 681 g/mol. The molecule has 56 heavy (non-hydrogen) atoms. The van der Waals surface area contributed by atoms with E-state index in [9.17, 15) is 0 Å². The molecule has 262 valence electrons. The van der Waals surface area contributed by atoms with Crippen LogP contribution in [0.2, 0.25) is 0 Å². The molecule has 0 atom stereocenters. The van der Waals surface area contributed by atoms with Gasteiger partial charge in [0, 0.05) is 22.4 Å². The van der Waals surface area contributed by atoms with Crippen LogP contribution in [0.4, 0.5) is 17.1 Å². The fourth-order valence-corrected chi connectivity index (χ4v) is 8.92. The van der Waals surface area contributed by atoms with Crippen molar-refractivity contribution in [1.82, 2.24) is 15.0 Å². The maximum Gasteiger partial charge on any atom is 0.164 e. The summed E-state index contributed by atoms with van der Waals surface area (Å²) in [7, 11) is 0. The second kappa shape index (κ2) is 12.9. The van der Waals surface area contributed by atoms with E-state index >= 15 is 0 Å². The minimum Gasteiger partial charge on any atom is -0.310 e. The molecule has 4 nitrogen and oxygen atoms in total. The number of para-hydroxylation sites is 3. The summed E-state index contributed by atoms with van der Waals surface area (Å²) >= 11 is 0. The lowest BCUT2D eigenvalue weighted by Crippen LogP contribution is -2.36. The van der Waals surface area contributed by atoms with Gasteiger partial charge in [0.25, 0.3) is 0 Å². The monoisotopic (exact) mass is 714 g/mol. The van der Waals surface area contributed by atoms with Crippen LogP contribution in [0.5, 0.6) is 0 Å². The Morgan fingerprint density at radius 1 is 0.304 bits per heavy atom. The Morgan fingerprint density at radius 2 is 0.750 bits per heavy atom. The normalized spacial score (nSPS) is 13.1. The van der Waals surface area contributed by atoms with Crippen molar-refractivity contribution in [3.63, 3.8) is 0 Å². The van der Waals surface area contributed by atoms with Crippen LogP contribution in [-0.2, 0) is 5.41 Å². The molecule has 11 rings (SSSR count). The van der Waals surface area contributed by atoms with Crippen LogP contribution in [0.1, 0.15) is 22.3 Å². The number of benzene rings is 8. The van der Waals surface area contributed by atoms with Gasteiger partial charge < -0.3 is 4.90 Å². The third kappa shape index (κ3) is 4.89.